The first kappa shape index (κ1) is 15.9. The van der Waals surface area contributed by atoms with Crippen molar-refractivity contribution in [3.63, 3.8) is 0 Å². The molecule has 24 heavy (non-hydrogen) atoms. The van der Waals surface area contributed by atoms with Gasteiger partial charge in [-0.3, -0.25) is 4.79 Å². The fourth-order valence-corrected chi connectivity index (χ4v) is 2.45. The van der Waals surface area contributed by atoms with Crippen molar-refractivity contribution in [2.24, 2.45) is 0 Å². The maximum absolute atomic E-state index is 12.4. The monoisotopic (exact) mass is 324 g/mol. The van der Waals surface area contributed by atoms with Crippen molar-refractivity contribution in [1.82, 2.24) is 0 Å². The van der Waals surface area contributed by atoms with E-state index in [-0.39, 0.29) is 11.7 Å². The average Bonchev–Trinajstić information content (AvgIpc) is 3.01. The maximum atomic E-state index is 12.4. The molecule has 1 heterocycles. The number of nitrogens with one attached hydrogen (secondary N) is 1. The van der Waals surface area contributed by atoms with Crippen molar-refractivity contribution < 1.29 is 13.9 Å². The highest BCUT2D eigenvalue weighted by Gasteiger charge is 2.15. The molecule has 3 rings (SSSR count). The van der Waals surface area contributed by atoms with Gasteiger partial charge in [0.05, 0.1) is 6.61 Å². The van der Waals surface area contributed by atoms with Gasteiger partial charge < -0.3 is 19.4 Å². The van der Waals surface area contributed by atoms with Gasteiger partial charge in [-0.05, 0) is 43.3 Å². The van der Waals surface area contributed by atoms with Crippen LogP contribution >= 0.6 is 0 Å². The second kappa shape index (κ2) is 6.66. The first-order valence-electron chi connectivity index (χ1n) is 7.82. The lowest BCUT2D eigenvalue weighted by molar-refractivity contribution is 0.0998. The van der Waals surface area contributed by atoms with Crippen LogP contribution in [-0.2, 0) is 0 Å². The standard InChI is InChI=1S/C19H20N2O3/c1-4-23-16-7-5-6-13-12-17(24-18(13)16)19(22)20-14-8-10-15(11-9-14)21(2)3/h5-12H,4H2,1-3H3,(H,20,22). The molecule has 0 fully saturated rings. The van der Waals surface area contributed by atoms with Crippen LogP contribution in [0.2, 0.25) is 0 Å². The van der Waals surface area contributed by atoms with E-state index in [1.807, 2.05) is 68.4 Å². The number of furan rings is 1. The number of benzene rings is 2. The molecule has 1 N–H and O–H groups in total. The van der Waals surface area contributed by atoms with Gasteiger partial charge in [-0.25, -0.2) is 0 Å². The molecule has 5 nitrogen and oxygen atoms in total. The van der Waals surface area contributed by atoms with Crippen molar-refractivity contribution in [3.8, 4) is 5.75 Å². The van der Waals surface area contributed by atoms with Crippen LogP contribution in [0.3, 0.4) is 0 Å². The number of hydrogen-bond donors (Lipinski definition) is 1. The lowest BCUT2D eigenvalue weighted by Gasteiger charge is -2.12. The van der Waals surface area contributed by atoms with Gasteiger partial charge >= 0.3 is 0 Å². The minimum absolute atomic E-state index is 0.258. The lowest BCUT2D eigenvalue weighted by Crippen LogP contribution is -2.11. The predicted octanol–water partition coefficient (Wildman–Crippen LogP) is 4.15. The van der Waals surface area contributed by atoms with E-state index in [1.54, 1.807) is 6.07 Å². The van der Waals surface area contributed by atoms with Crippen molar-refractivity contribution in [1.29, 1.82) is 0 Å². The summed E-state index contributed by atoms with van der Waals surface area (Å²) in [6, 6.07) is 14.9. The molecule has 1 aromatic heterocycles. The van der Waals surface area contributed by atoms with Gasteiger partial charge in [0.15, 0.2) is 17.1 Å². The van der Waals surface area contributed by atoms with Gasteiger partial charge in [0.25, 0.3) is 5.91 Å². The quantitative estimate of drug-likeness (QED) is 0.766. The van der Waals surface area contributed by atoms with Crippen LogP contribution in [0.5, 0.6) is 5.75 Å². The number of rotatable bonds is 5. The first-order valence-corrected chi connectivity index (χ1v) is 7.82. The van der Waals surface area contributed by atoms with Crippen LogP contribution in [0.1, 0.15) is 17.5 Å². The molecule has 0 saturated heterocycles. The molecule has 0 aliphatic carbocycles. The summed E-state index contributed by atoms with van der Waals surface area (Å²) in [6.07, 6.45) is 0. The summed E-state index contributed by atoms with van der Waals surface area (Å²) in [5.74, 6) is 0.615. The smallest absolute Gasteiger partial charge is 0.291 e. The number of para-hydroxylation sites is 1. The van der Waals surface area contributed by atoms with Crippen LogP contribution < -0.4 is 15.0 Å². The summed E-state index contributed by atoms with van der Waals surface area (Å²) < 4.78 is 11.2. The number of amides is 1. The Hall–Kier alpha value is -2.95. The van der Waals surface area contributed by atoms with E-state index in [9.17, 15) is 4.79 Å². The molecule has 0 aliphatic heterocycles. The molecule has 0 saturated carbocycles. The minimum Gasteiger partial charge on any atom is -0.490 e. The van der Waals surface area contributed by atoms with E-state index >= 15 is 0 Å². The second-order valence-corrected chi connectivity index (χ2v) is 5.61. The fraction of sp³-hybridized carbons (Fsp3) is 0.211. The van der Waals surface area contributed by atoms with Gasteiger partial charge in [-0.2, -0.15) is 0 Å². The van der Waals surface area contributed by atoms with Crippen LogP contribution in [0.25, 0.3) is 11.0 Å². The Morgan fingerprint density at radius 3 is 2.58 bits per heavy atom. The maximum Gasteiger partial charge on any atom is 0.291 e. The molecule has 1 amide bonds. The molecular formula is C19H20N2O3. The fourth-order valence-electron chi connectivity index (χ4n) is 2.45. The largest absolute Gasteiger partial charge is 0.490 e. The molecule has 5 heteroatoms. The van der Waals surface area contributed by atoms with Crippen LogP contribution in [0.15, 0.2) is 52.9 Å². The highest BCUT2D eigenvalue weighted by molar-refractivity contribution is 6.05. The SMILES string of the molecule is CCOc1cccc2cc(C(=O)Nc3ccc(N(C)C)cc3)oc12. The van der Waals surface area contributed by atoms with E-state index in [0.717, 1.165) is 16.8 Å². The second-order valence-electron chi connectivity index (χ2n) is 5.61. The average molecular weight is 324 g/mol. The topological polar surface area (TPSA) is 54.7 Å². The first-order chi connectivity index (χ1) is 11.6. The minimum atomic E-state index is -0.286. The van der Waals surface area contributed by atoms with E-state index in [1.165, 1.54) is 0 Å². The number of fused-ring (bicyclic) bond motifs is 1. The van der Waals surface area contributed by atoms with E-state index in [0.29, 0.717) is 17.9 Å². The van der Waals surface area contributed by atoms with Crippen LogP contribution in [0.4, 0.5) is 11.4 Å². The summed E-state index contributed by atoms with van der Waals surface area (Å²) in [6.45, 7) is 2.45. The molecule has 0 bridgehead atoms. The number of hydrogen-bond acceptors (Lipinski definition) is 4. The third-order valence-corrected chi connectivity index (χ3v) is 3.67. The van der Waals surface area contributed by atoms with Crippen LogP contribution in [-0.4, -0.2) is 26.6 Å². The molecule has 0 unspecified atom stereocenters. The molecule has 0 spiro atoms. The van der Waals surface area contributed by atoms with Gasteiger partial charge in [0, 0.05) is 30.9 Å². The molecule has 3 aromatic rings. The highest BCUT2D eigenvalue weighted by atomic mass is 16.5. The van der Waals surface area contributed by atoms with E-state index in [2.05, 4.69) is 5.32 Å². The summed E-state index contributed by atoms with van der Waals surface area (Å²) in [5, 5.41) is 3.69. The zero-order valence-electron chi connectivity index (χ0n) is 14.0. The molecule has 124 valence electrons. The Morgan fingerprint density at radius 1 is 1.17 bits per heavy atom. The van der Waals surface area contributed by atoms with Crippen molar-refractivity contribution in [2.45, 2.75) is 6.92 Å². The summed E-state index contributed by atoms with van der Waals surface area (Å²) in [5.41, 5.74) is 2.38. The Labute approximate surface area is 140 Å². The number of ether oxygens (including phenoxy) is 1. The molecule has 0 aliphatic rings. The normalized spacial score (nSPS) is 10.6. The molecule has 0 radical (unpaired) electrons. The third-order valence-electron chi connectivity index (χ3n) is 3.67. The van der Waals surface area contributed by atoms with E-state index < -0.39 is 0 Å². The summed E-state index contributed by atoms with van der Waals surface area (Å²) >= 11 is 0. The summed E-state index contributed by atoms with van der Waals surface area (Å²) in [7, 11) is 3.94. The van der Waals surface area contributed by atoms with Crippen molar-refractivity contribution in [2.75, 3.05) is 30.9 Å². The Balaban J connectivity index is 1.82. The van der Waals surface area contributed by atoms with Gasteiger partial charge in [0.2, 0.25) is 0 Å². The molecular weight excluding hydrogens is 304 g/mol. The lowest BCUT2D eigenvalue weighted by atomic mass is 10.2. The summed E-state index contributed by atoms with van der Waals surface area (Å²) in [4.78, 5) is 14.4. The zero-order chi connectivity index (χ0) is 17.1. The number of nitrogens with zero attached hydrogens (tertiary/aromatic N) is 1. The van der Waals surface area contributed by atoms with Crippen molar-refractivity contribution in [3.05, 3.63) is 54.3 Å². The van der Waals surface area contributed by atoms with Gasteiger partial charge in [0.1, 0.15) is 0 Å². The Morgan fingerprint density at radius 2 is 1.92 bits per heavy atom. The van der Waals surface area contributed by atoms with Gasteiger partial charge in [-0.15, -0.1) is 0 Å². The van der Waals surface area contributed by atoms with Gasteiger partial charge in [-0.1, -0.05) is 12.1 Å². The predicted molar refractivity (Wildman–Crippen MR) is 96.1 cm³/mol. The van der Waals surface area contributed by atoms with Crippen LogP contribution in [0, 0.1) is 0 Å². The third kappa shape index (κ3) is 3.20. The van der Waals surface area contributed by atoms with Crippen molar-refractivity contribution >= 4 is 28.3 Å². The number of anilines is 2. The zero-order valence-corrected chi connectivity index (χ0v) is 14.0. The Kier molecular flexibility index (Phi) is 4.42. The van der Waals surface area contributed by atoms with E-state index in [4.69, 9.17) is 9.15 Å². The Bertz CT molecular complexity index is 851. The highest BCUT2D eigenvalue weighted by Crippen LogP contribution is 2.29. The number of carbonyl (C=O) groups excluding carboxylic acids is 1. The number of carbonyl (C=O) groups is 1. The molecule has 2 aromatic carbocycles. The molecule has 0 atom stereocenters.